The first-order valence-corrected chi connectivity index (χ1v) is 6.34. The fraction of sp³-hybridized carbons (Fsp3) is 0.500. The van der Waals surface area contributed by atoms with E-state index in [1.807, 2.05) is 0 Å². The van der Waals surface area contributed by atoms with Gasteiger partial charge in [-0.1, -0.05) is 12.2 Å². The lowest BCUT2D eigenvalue weighted by Crippen LogP contribution is -2.38. The first-order chi connectivity index (χ1) is 9.99. The molecule has 2 rings (SSSR count). The average molecular weight is 299 g/mol. The molecule has 0 amide bonds. The van der Waals surface area contributed by atoms with E-state index in [0.29, 0.717) is 0 Å². The van der Waals surface area contributed by atoms with E-state index >= 15 is 0 Å². The smallest absolute Gasteiger partial charge is 0.330 e. The Labute approximate surface area is 118 Å². The fourth-order valence-corrected chi connectivity index (χ4v) is 2.11. The highest BCUT2D eigenvalue weighted by atomic mass is 16.6. The molecular formula is C12H17N3O6. The van der Waals surface area contributed by atoms with Gasteiger partial charge in [-0.05, 0) is 0 Å². The van der Waals surface area contributed by atoms with Gasteiger partial charge in [0.2, 0.25) is 0 Å². The summed E-state index contributed by atoms with van der Waals surface area (Å²) < 4.78 is 6.20. The van der Waals surface area contributed by atoms with Crippen molar-refractivity contribution < 1.29 is 20.1 Å². The molecule has 0 radical (unpaired) electrons. The molecule has 1 aromatic rings. The number of nitrogens with zero attached hydrogens (tertiary/aromatic N) is 1. The zero-order valence-electron chi connectivity index (χ0n) is 11.0. The average Bonchev–Trinajstić information content (AvgIpc) is 2.74. The van der Waals surface area contributed by atoms with Gasteiger partial charge in [-0.15, -0.1) is 0 Å². The van der Waals surface area contributed by atoms with E-state index < -0.39 is 42.4 Å². The topological polar surface area (TPSA) is 151 Å². The Morgan fingerprint density at radius 2 is 2.10 bits per heavy atom. The van der Waals surface area contributed by atoms with Gasteiger partial charge in [-0.3, -0.25) is 14.3 Å². The third-order valence-electron chi connectivity index (χ3n) is 3.22. The predicted molar refractivity (Wildman–Crippen MR) is 72.4 cm³/mol. The molecule has 1 aliphatic rings. The zero-order chi connectivity index (χ0) is 15.6. The molecule has 0 spiro atoms. The van der Waals surface area contributed by atoms with Gasteiger partial charge in [0, 0.05) is 12.7 Å². The van der Waals surface area contributed by atoms with Crippen molar-refractivity contribution in [1.29, 1.82) is 0 Å². The number of nitrogens with two attached hydrogens (primary N) is 1. The normalized spacial score (nSPS) is 29.3. The van der Waals surface area contributed by atoms with Gasteiger partial charge in [0.15, 0.2) is 6.23 Å². The lowest BCUT2D eigenvalue weighted by molar-refractivity contribution is -0.0550. The first kappa shape index (κ1) is 15.6. The van der Waals surface area contributed by atoms with Gasteiger partial charge in [0.25, 0.3) is 5.56 Å². The van der Waals surface area contributed by atoms with Crippen molar-refractivity contribution in [3.05, 3.63) is 38.7 Å². The number of aliphatic hydroxyl groups is 3. The van der Waals surface area contributed by atoms with E-state index in [0.717, 1.165) is 4.57 Å². The highest BCUT2D eigenvalue weighted by molar-refractivity contribution is 5.46. The standard InChI is InChI=1S/C12H17N3O6/c13-3-1-2-6-4-15(12(20)14-10(6)19)11-9(18)8(17)7(5-16)21-11/h1-2,4,7-9,11,16-18H,3,5,13H2,(H,14,19,20)/t7-,8+,9?,11-/m1/s1. The highest BCUT2D eigenvalue weighted by Crippen LogP contribution is 2.27. The van der Waals surface area contributed by atoms with Crippen LogP contribution in [0.4, 0.5) is 0 Å². The Hall–Kier alpha value is -1.78. The third kappa shape index (κ3) is 2.96. The summed E-state index contributed by atoms with van der Waals surface area (Å²) in [4.78, 5) is 25.5. The van der Waals surface area contributed by atoms with Crippen molar-refractivity contribution in [2.24, 2.45) is 5.73 Å². The van der Waals surface area contributed by atoms with E-state index in [1.165, 1.54) is 18.3 Å². The number of H-pyrrole nitrogens is 1. The number of hydrogen-bond donors (Lipinski definition) is 5. The minimum absolute atomic E-state index is 0.151. The molecule has 0 saturated carbocycles. The van der Waals surface area contributed by atoms with Gasteiger partial charge in [-0.25, -0.2) is 4.79 Å². The summed E-state index contributed by atoms with van der Waals surface area (Å²) in [5.41, 5.74) is 4.05. The number of aromatic amines is 1. The van der Waals surface area contributed by atoms with E-state index in [2.05, 4.69) is 4.98 Å². The SMILES string of the molecule is NCC=Cc1cn([C@@H]2O[C@H](CO)[C@H](O)C2O)c(=O)[nH]c1=O. The van der Waals surface area contributed by atoms with E-state index in [1.54, 1.807) is 0 Å². The van der Waals surface area contributed by atoms with Crippen LogP contribution in [0.3, 0.4) is 0 Å². The molecule has 1 saturated heterocycles. The molecule has 4 atom stereocenters. The molecule has 0 aromatic carbocycles. The summed E-state index contributed by atoms with van der Waals surface area (Å²) in [7, 11) is 0. The minimum atomic E-state index is -1.41. The maximum Gasteiger partial charge on any atom is 0.330 e. The fourth-order valence-electron chi connectivity index (χ4n) is 2.11. The Balaban J connectivity index is 2.42. The van der Waals surface area contributed by atoms with Crippen LogP contribution in [0.15, 0.2) is 21.9 Å². The van der Waals surface area contributed by atoms with Gasteiger partial charge >= 0.3 is 5.69 Å². The molecule has 0 aliphatic carbocycles. The number of ether oxygens (including phenoxy) is 1. The molecule has 1 aliphatic heterocycles. The summed E-state index contributed by atoms with van der Waals surface area (Å²) in [6, 6.07) is 0. The van der Waals surface area contributed by atoms with Crippen molar-refractivity contribution in [3.8, 4) is 0 Å². The van der Waals surface area contributed by atoms with Crippen LogP contribution in [0.25, 0.3) is 6.08 Å². The molecule has 1 unspecified atom stereocenters. The van der Waals surface area contributed by atoms with E-state index in [4.69, 9.17) is 15.6 Å². The molecular weight excluding hydrogens is 282 g/mol. The lowest BCUT2D eigenvalue weighted by Gasteiger charge is -2.17. The van der Waals surface area contributed by atoms with E-state index in [9.17, 15) is 19.8 Å². The molecule has 9 nitrogen and oxygen atoms in total. The lowest BCUT2D eigenvalue weighted by atomic mass is 10.1. The van der Waals surface area contributed by atoms with Crippen molar-refractivity contribution in [2.45, 2.75) is 24.5 Å². The van der Waals surface area contributed by atoms with E-state index in [-0.39, 0.29) is 12.1 Å². The first-order valence-electron chi connectivity index (χ1n) is 6.34. The summed E-state index contributed by atoms with van der Waals surface area (Å²) in [6.07, 6.45) is -0.794. The van der Waals surface area contributed by atoms with Crippen LogP contribution in [-0.2, 0) is 4.74 Å². The molecule has 116 valence electrons. The summed E-state index contributed by atoms with van der Waals surface area (Å²) >= 11 is 0. The van der Waals surface area contributed by atoms with Crippen molar-refractivity contribution in [3.63, 3.8) is 0 Å². The van der Waals surface area contributed by atoms with Crippen molar-refractivity contribution in [1.82, 2.24) is 9.55 Å². The minimum Gasteiger partial charge on any atom is -0.394 e. The van der Waals surface area contributed by atoms with Crippen molar-refractivity contribution >= 4 is 6.08 Å². The molecule has 1 aromatic heterocycles. The summed E-state index contributed by atoms with van der Waals surface area (Å²) in [6.45, 7) is -0.292. The number of aliphatic hydroxyl groups excluding tert-OH is 3. The second-order valence-corrected chi connectivity index (χ2v) is 4.62. The van der Waals surface area contributed by atoms with Gasteiger partial charge in [-0.2, -0.15) is 0 Å². The van der Waals surface area contributed by atoms with Crippen LogP contribution in [0.1, 0.15) is 11.8 Å². The summed E-state index contributed by atoms with van der Waals surface area (Å²) in [5.74, 6) is 0. The van der Waals surface area contributed by atoms with Gasteiger partial charge in [0.1, 0.15) is 18.3 Å². The van der Waals surface area contributed by atoms with Crippen LogP contribution in [0.2, 0.25) is 0 Å². The Morgan fingerprint density at radius 1 is 1.38 bits per heavy atom. The van der Waals surface area contributed by atoms with Gasteiger partial charge in [0.05, 0.1) is 12.2 Å². The van der Waals surface area contributed by atoms with Crippen LogP contribution >= 0.6 is 0 Å². The number of nitrogens with one attached hydrogen (secondary N) is 1. The number of rotatable bonds is 4. The predicted octanol–water partition coefficient (Wildman–Crippen LogP) is -2.88. The summed E-state index contributed by atoms with van der Waals surface area (Å²) in [5, 5.41) is 28.6. The van der Waals surface area contributed by atoms with Crippen LogP contribution in [-0.4, -0.2) is 56.3 Å². The molecule has 6 N–H and O–H groups in total. The van der Waals surface area contributed by atoms with Gasteiger partial charge < -0.3 is 25.8 Å². The highest BCUT2D eigenvalue weighted by Gasteiger charge is 2.43. The molecule has 2 heterocycles. The molecule has 1 fully saturated rings. The van der Waals surface area contributed by atoms with Crippen LogP contribution in [0, 0.1) is 0 Å². The monoisotopic (exact) mass is 299 g/mol. The number of aromatic nitrogens is 2. The maximum atomic E-state index is 11.8. The van der Waals surface area contributed by atoms with Crippen LogP contribution < -0.4 is 17.0 Å². The Bertz CT molecular complexity index is 637. The Morgan fingerprint density at radius 3 is 2.67 bits per heavy atom. The molecule has 9 heteroatoms. The largest absolute Gasteiger partial charge is 0.394 e. The molecule has 21 heavy (non-hydrogen) atoms. The zero-order valence-corrected chi connectivity index (χ0v) is 11.0. The Kier molecular flexibility index (Phi) is 4.70. The maximum absolute atomic E-state index is 11.8. The second-order valence-electron chi connectivity index (χ2n) is 4.62. The second kappa shape index (κ2) is 6.33. The third-order valence-corrected chi connectivity index (χ3v) is 3.22. The number of hydrogen-bond acceptors (Lipinski definition) is 7. The van der Waals surface area contributed by atoms with Crippen molar-refractivity contribution in [2.75, 3.05) is 13.2 Å². The van der Waals surface area contributed by atoms with Crippen LogP contribution in [0.5, 0.6) is 0 Å². The quantitative estimate of drug-likeness (QED) is 0.400. The molecule has 0 bridgehead atoms.